The smallest absolute Gasteiger partial charge is 0.222 e. The van der Waals surface area contributed by atoms with Crippen LogP contribution in [-0.4, -0.2) is 16.5 Å². The molecule has 0 saturated carbocycles. The van der Waals surface area contributed by atoms with Crippen molar-refractivity contribution in [2.24, 2.45) is 0 Å². The van der Waals surface area contributed by atoms with E-state index in [9.17, 15) is 4.39 Å². The van der Waals surface area contributed by atoms with Gasteiger partial charge < -0.3 is 5.32 Å². The molecule has 1 heterocycles. The van der Waals surface area contributed by atoms with Gasteiger partial charge in [-0.1, -0.05) is 0 Å². The third-order valence-corrected chi connectivity index (χ3v) is 1.14. The molecule has 0 unspecified atom stereocenters. The van der Waals surface area contributed by atoms with Crippen LogP contribution in [-0.2, 0) is 0 Å². The molecule has 1 rings (SSSR count). The first-order valence-electron chi connectivity index (χ1n) is 3.41. The maximum Gasteiger partial charge on any atom is 0.222 e. The maximum atomic E-state index is 12.3. The van der Waals surface area contributed by atoms with Crippen molar-refractivity contribution in [2.45, 2.75) is 6.42 Å². The Morgan fingerprint density at radius 1 is 1.50 bits per heavy atom. The monoisotopic (exact) mass is 166 g/mol. The highest BCUT2D eigenvalue weighted by Gasteiger charge is 1.94. The van der Waals surface area contributed by atoms with Gasteiger partial charge in [0.1, 0.15) is 0 Å². The molecule has 12 heavy (non-hydrogen) atoms. The molecule has 1 N–H and O–H groups in total. The van der Waals surface area contributed by atoms with E-state index in [0.29, 0.717) is 18.9 Å². The zero-order valence-electron chi connectivity index (χ0n) is 6.29. The van der Waals surface area contributed by atoms with E-state index in [2.05, 4.69) is 15.3 Å². The minimum atomic E-state index is -0.471. The summed E-state index contributed by atoms with van der Waals surface area (Å²) in [5, 5.41) is 11.0. The quantitative estimate of drug-likeness (QED) is 0.679. The van der Waals surface area contributed by atoms with Gasteiger partial charge in [0, 0.05) is 6.54 Å². The normalized spacial score (nSPS) is 9.00. The number of halogens is 1. The minimum Gasteiger partial charge on any atom is -0.353 e. The van der Waals surface area contributed by atoms with Crippen molar-refractivity contribution < 1.29 is 4.39 Å². The Bertz CT molecular complexity index is 276. The highest BCUT2D eigenvalue weighted by Crippen LogP contribution is 1.97. The molecule has 5 heteroatoms. The van der Waals surface area contributed by atoms with E-state index in [0.717, 1.165) is 12.4 Å². The minimum absolute atomic E-state index is 0.339. The molecule has 0 spiro atoms. The van der Waals surface area contributed by atoms with Crippen molar-refractivity contribution in [3.05, 3.63) is 18.2 Å². The Hall–Kier alpha value is -1.70. The van der Waals surface area contributed by atoms with Crippen LogP contribution in [0.5, 0.6) is 0 Å². The molecule has 0 bridgehead atoms. The van der Waals surface area contributed by atoms with Crippen LogP contribution < -0.4 is 5.32 Å². The van der Waals surface area contributed by atoms with Gasteiger partial charge in [-0.15, -0.1) is 0 Å². The number of rotatable bonds is 3. The van der Waals surface area contributed by atoms with E-state index in [1.165, 1.54) is 0 Å². The zero-order valence-corrected chi connectivity index (χ0v) is 6.29. The summed E-state index contributed by atoms with van der Waals surface area (Å²) in [7, 11) is 0. The second-order valence-electron chi connectivity index (χ2n) is 2.06. The van der Waals surface area contributed by atoms with Crippen molar-refractivity contribution in [1.82, 2.24) is 9.97 Å². The zero-order chi connectivity index (χ0) is 8.81. The molecule has 0 aliphatic heterocycles. The van der Waals surface area contributed by atoms with Gasteiger partial charge in [-0.2, -0.15) is 5.26 Å². The van der Waals surface area contributed by atoms with Crippen LogP contribution in [0.15, 0.2) is 12.4 Å². The lowest BCUT2D eigenvalue weighted by Crippen LogP contribution is -2.04. The van der Waals surface area contributed by atoms with Crippen molar-refractivity contribution >= 4 is 5.95 Å². The summed E-state index contributed by atoms with van der Waals surface area (Å²) in [4.78, 5) is 7.29. The van der Waals surface area contributed by atoms with Crippen LogP contribution in [0, 0.1) is 17.1 Å². The topological polar surface area (TPSA) is 61.6 Å². The number of anilines is 1. The third-order valence-electron chi connectivity index (χ3n) is 1.14. The lowest BCUT2D eigenvalue weighted by atomic mass is 10.5. The first-order valence-corrected chi connectivity index (χ1v) is 3.41. The average molecular weight is 166 g/mol. The molecular formula is C7H7FN4. The molecule has 0 aliphatic rings. The van der Waals surface area contributed by atoms with E-state index >= 15 is 0 Å². The summed E-state index contributed by atoms with van der Waals surface area (Å²) in [6.45, 7) is 0.474. The van der Waals surface area contributed by atoms with Crippen LogP contribution in [0.1, 0.15) is 6.42 Å². The second-order valence-corrected chi connectivity index (χ2v) is 2.06. The van der Waals surface area contributed by atoms with E-state index in [1.54, 1.807) is 0 Å². The van der Waals surface area contributed by atoms with Crippen molar-refractivity contribution in [1.29, 1.82) is 5.26 Å². The van der Waals surface area contributed by atoms with Crippen LogP contribution in [0.2, 0.25) is 0 Å². The molecule has 0 aromatic carbocycles. The van der Waals surface area contributed by atoms with Crippen LogP contribution in [0.3, 0.4) is 0 Å². The fraction of sp³-hybridized carbons (Fsp3) is 0.286. The van der Waals surface area contributed by atoms with Crippen molar-refractivity contribution in [2.75, 3.05) is 11.9 Å². The van der Waals surface area contributed by atoms with E-state index < -0.39 is 5.82 Å². The Labute approximate surface area is 69.1 Å². The van der Waals surface area contributed by atoms with Gasteiger partial charge in [0.2, 0.25) is 5.95 Å². The summed E-state index contributed by atoms with van der Waals surface area (Å²) < 4.78 is 12.3. The molecular weight excluding hydrogens is 159 g/mol. The van der Waals surface area contributed by atoms with E-state index in [4.69, 9.17) is 5.26 Å². The number of hydrogen-bond donors (Lipinski definition) is 1. The molecule has 0 saturated heterocycles. The predicted octanol–water partition coefficient (Wildman–Crippen LogP) is 0.941. The first kappa shape index (κ1) is 8.40. The number of aromatic nitrogens is 2. The molecule has 0 radical (unpaired) electrons. The summed E-state index contributed by atoms with van der Waals surface area (Å²) in [5.41, 5.74) is 0. The highest BCUT2D eigenvalue weighted by molar-refractivity contribution is 5.22. The van der Waals surface area contributed by atoms with Crippen molar-refractivity contribution in [3.63, 3.8) is 0 Å². The largest absolute Gasteiger partial charge is 0.353 e. The fourth-order valence-electron chi connectivity index (χ4n) is 0.634. The lowest BCUT2D eigenvalue weighted by molar-refractivity contribution is 0.614. The third kappa shape index (κ3) is 2.50. The standard InChI is InChI=1S/C7H7FN4/c8-6-4-11-7(12-5-6)10-3-1-2-9/h4-5H,1,3H2,(H,10,11,12). The number of nitrogens with one attached hydrogen (secondary N) is 1. The van der Waals surface area contributed by atoms with Crippen LogP contribution in [0.25, 0.3) is 0 Å². The van der Waals surface area contributed by atoms with Gasteiger partial charge in [0.25, 0.3) is 0 Å². The average Bonchev–Trinajstić information content (AvgIpc) is 2.09. The van der Waals surface area contributed by atoms with Gasteiger partial charge in [0.15, 0.2) is 5.82 Å². The Morgan fingerprint density at radius 2 is 2.17 bits per heavy atom. The molecule has 4 nitrogen and oxygen atoms in total. The number of hydrogen-bond acceptors (Lipinski definition) is 4. The lowest BCUT2D eigenvalue weighted by Gasteiger charge is -1.99. The maximum absolute atomic E-state index is 12.3. The predicted molar refractivity (Wildman–Crippen MR) is 40.7 cm³/mol. The Morgan fingerprint density at radius 3 is 2.75 bits per heavy atom. The summed E-state index contributed by atoms with van der Waals surface area (Å²) >= 11 is 0. The SMILES string of the molecule is N#CCCNc1ncc(F)cn1. The summed E-state index contributed by atoms with van der Waals surface area (Å²) in [5.74, 6) is -0.132. The van der Waals surface area contributed by atoms with Crippen LogP contribution >= 0.6 is 0 Å². The summed E-state index contributed by atoms with van der Waals surface area (Å²) in [6.07, 6.45) is 2.52. The molecule has 0 atom stereocenters. The Kier molecular flexibility index (Phi) is 2.96. The van der Waals surface area contributed by atoms with Crippen LogP contribution in [0.4, 0.5) is 10.3 Å². The fourth-order valence-corrected chi connectivity index (χ4v) is 0.634. The van der Waals surface area contributed by atoms with E-state index in [-0.39, 0.29) is 0 Å². The van der Waals surface area contributed by atoms with Gasteiger partial charge >= 0.3 is 0 Å². The number of nitrogens with zero attached hydrogens (tertiary/aromatic N) is 3. The van der Waals surface area contributed by atoms with E-state index in [1.807, 2.05) is 6.07 Å². The first-order chi connectivity index (χ1) is 5.83. The second kappa shape index (κ2) is 4.23. The van der Waals surface area contributed by atoms with Crippen molar-refractivity contribution in [3.8, 4) is 6.07 Å². The van der Waals surface area contributed by atoms with Gasteiger partial charge in [-0.3, -0.25) is 0 Å². The Balaban J connectivity index is 2.43. The molecule has 1 aromatic rings. The van der Waals surface area contributed by atoms with Gasteiger partial charge in [-0.05, 0) is 0 Å². The molecule has 62 valence electrons. The van der Waals surface area contributed by atoms with Gasteiger partial charge in [0.05, 0.1) is 24.9 Å². The molecule has 0 fully saturated rings. The highest BCUT2D eigenvalue weighted by atomic mass is 19.1. The molecule has 1 aromatic heterocycles. The number of nitriles is 1. The molecule has 0 aliphatic carbocycles. The summed E-state index contributed by atoms with van der Waals surface area (Å²) in [6, 6.07) is 1.96. The molecule has 0 amide bonds. The van der Waals surface area contributed by atoms with Gasteiger partial charge in [-0.25, -0.2) is 14.4 Å².